The highest BCUT2D eigenvalue weighted by Crippen LogP contribution is 2.70. The third kappa shape index (κ3) is 3.22. The molecule has 182 valence electrons. The van der Waals surface area contributed by atoms with Crippen LogP contribution in [-0.2, 0) is 4.74 Å². The molecule has 1 unspecified atom stereocenters. The maximum absolute atomic E-state index is 11.4. The summed E-state index contributed by atoms with van der Waals surface area (Å²) in [5, 5.41) is 33.0. The van der Waals surface area contributed by atoms with Gasteiger partial charge in [-0.2, -0.15) is 0 Å². The Bertz CT molecular complexity index is 752. The molecule has 0 spiro atoms. The molecular weight excluding hydrogens is 400 g/mol. The van der Waals surface area contributed by atoms with Crippen LogP contribution in [0.5, 0.6) is 0 Å². The first-order valence-electron chi connectivity index (χ1n) is 13.5. The number of fused-ring (bicyclic) bond motifs is 7. The number of hydrogen-bond acceptors (Lipinski definition) is 4. The molecule has 32 heavy (non-hydrogen) atoms. The number of hydrogen-bond donors (Lipinski definition) is 3. The second-order valence-corrected chi connectivity index (χ2v) is 13.0. The molecule has 4 saturated carbocycles. The van der Waals surface area contributed by atoms with Crippen LogP contribution in [0.15, 0.2) is 12.2 Å². The normalized spacial score (nSPS) is 58.2. The Morgan fingerprint density at radius 2 is 1.72 bits per heavy atom. The van der Waals surface area contributed by atoms with Gasteiger partial charge < -0.3 is 20.1 Å². The van der Waals surface area contributed by atoms with E-state index >= 15 is 0 Å². The van der Waals surface area contributed by atoms with Crippen LogP contribution in [0, 0.1) is 52.3 Å². The van der Waals surface area contributed by atoms with Crippen LogP contribution >= 0.6 is 0 Å². The number of allylic oxidation sites excluding steroid dienone is 1. The lowest BCUT2D eigenvalue weighted by Crippen LogP contribution is -2.58. The zero-order chi connectivity index (χ0) is 23.1. The average Bonchev–Trinajstić information content (AvgIpc) is 3.18. The fourth-order valence-corrected chi connectivity index (χ4v) is 9.56. The van der Waals surface area contributed by atoms with E-state index in [2.05, 4.69) is 40.7 Å². The van der Waals surface area contributed by atoms with Gasteiger partial charge in [0, 0.05) is 5.92 Å². The van der Waals surface area contributed by atoms with Gasteiger partial charge >= 0.3 is 0 Å². The predicted octanol–water partition coefficient (Wildman–Crippen LogP) is 4.91. The van der Waals surface area contributed by atoms with Gasteiger partial charge in [-0.05, 0) is 97.4 Å². The fourth-order valence-electron chi connectivity index (χ4n) is 9.56. The monoisotopic (exact) mass is 446 g/mol. The Kier molecular flexibility index (Phi) is 5.68. The van der Waals surface area contributed by atoms with Crippen molar-refractivity contribution in [3.8, 4) is 0 Å². The van der Waals surface area contributed by atoms with Crippen molar-refractivity contribution in [3.63, 3.8) is 0 Å². The summed E-state index contributed by atoms with van der Waals surface area (Å²) in [6.07, 6.45) is 11.7. The lowest BCUT2D eigenvalue weighted by molar-refractivity contribution is -0.192. The van der Waals surface area contributed by atoms with E-state index in [9.17, 15) is 15.3 Å². The SMILES string of the molecule is CCC(C)/C=C/[C@@]1(O)O[C@H]2C[C@H]3[C@@H]4C[C@H](O)[C@H]5C[C@@H](O)CC[C@]5(C)[C@H]4CC[C@]3(C)[C@H]2[C@@H]1C. The minimum Gasteiger partial charge on any atom is -0.393 e. The van der Waals surface area contributed by atoms with Crippen molar-refractivity contribution < 1.29 is 20.1 Å². The van der Waals surface area contributed by atoms with Crippen molar-refractivity contribution in [2.45, 2.75) is 110 Å². The Labute approximate surface area is 194 Å². The third-order valence-electron chi connectivity index (χ3n) is 11.6. The van der Waals surface area contributed by atoms with E-state index in [-0.39, 0.29) is 41.0 Å². The first kappa shape index (κ1) is 23.3. The third-order valence-corrected chi connectivity index (χ3v) is 11.6. The van der Waals surface area contributed by atoms with Gasteiger partial charge in [0.05, 0.1) is 18.3 Å². The molecule has 1 saturated heterocycles. The zero-order valence-corrected chi connectivity index (χ0v) is 20.8. The topological polar surface area (TPSA) is 69.9 Å². The molecule has 0 aromatic rings. The van der Waals surface area contributed by atoms with E-state index in [0.29, 0.717) is 29.6 Å². The summed E-state index contributed by atoms with van der Waals surface area (Å²) in [7, 11) is 0. The molecule has 4 heteroatoms. The highest BCUT2D eigenvalue weighted by molar-refractivity contribution is 5.18. The van der Waals surface area contributed by atoms with Crippen LogP contribution in [0.4, 0.5) is 0 Å². The fraction of sp³-hybridized carbons (Fsp3) is 0.929. The largest absolute Gasteiger partial charge is 0.393 e. The minimum atomic E-state index is -1.15. The van der Waals surface area contributed by atoms with Gasteiger partial charge in [0.15, 0.2) is 5.79 Å². The number of aliphatic hydroxyl groups is 3. The van der Waals surface area contributed by atoms with Gasteiger partial charge in [0.2, 0.25) is 0 Å². The van der Waals surface area contributed by atoms with E-state index in [1.807, 2.05) is 6.08 Å². The molecular formula is C28H46O4. The Morgan fingerprint density at radius 1 is 1.00 bits per heavy atom. The van der Waals surface area contributed by atoms with E-state index in [0.717, 1.165) is 38.5 Å². The van der Waals surface area contributed by atoms with Gasteiger partial charge in [-0.1, -0.05) is 47.1 Å². The molecule has 0 radical (unpaired) electrons. The lowest BCUT2D eigenvalue weighted by atomic mass is 9.43. The summed E-state index contributed by atoms with van der Waals surface area (Å²) in [6.45, 7) is 11.4. The summed E-state index contributed by atoms with van der Waals surface area (Å²) in [6, 6.07) is 0. The second kappa shape index (κ2) is 7.80. The van der Waals surface area contributed by atoms with Crippen LogP contribution in [-0.4, -0.2) is 39.4 Å². The predicted molar refractivity (Wildman–Crippen MR) is 126 cm³/mol. The minimum absolute atomic E-state index is 0.0843. The van der Waals surface area contributed by atoms with Crippen molar-refractivity contribution in [1.29, 1.82) is 0 Å². The van der Waals surface area contributed by atoms with E-state index in [1.165, 1.54) is 12.8 Å². The van der Waals surface area contributed by atoms with E-state index < -0.39 is 5.79 Å². The average molecular weight is 447 g/mol. The molecule has 4 nitrogen and oxygen atoms in total. The quantitative estimate of drug-likeness (QED) is 0.539. The standard InChI is InChI=1S/C28H46O4/c1-6-16(2)7-12-28(31)17(3)25-24(32-28)15-21-19-14-23(30)22-13-18(29)8-10-26(22,4)20(19)9-11-27(21,25)5/h7,12,16-25,29-31H,6,8-11,13-15H2,1-5H3/b12-7+/t16?,17-,18-,19+,20-,21-,22+,23-,24-,25-,26+,27-,28+/m0/s1. The summed E-state index contributed by atoms with van der Waals surface area (Å²) < 4.78 is 6.46. The van der Waals surface area contributed by atoms with Crippen molar-refractivity contribution in [2.75, 3.05) is 0 Å². The van der Waals surface area contributed by atoms with Gasteiger partial charge in [0.25, 0.3) is 0 Å². The molecule has 4 aliphatic carbocycles. The molecule has 0 aromatic heterocycles. The molecule has 13 atom stereocenters. The number of rotatable bonds is 3. The molecule has 0 aromatic carbocycles. The highest BCUT2D eigenvalue weighted by atomic mass is 16.6. The highest BCUT2D eigenvalue weighted by Gasteiger charge is 2.68. The van der Waals surface area contributed by atoms with Gasteiger partial charge in [-0.15, -0.1) is 0 Å². The van der Waals surface area contributed by atoms with Gasteiger partial charge in [-0.3, -0.25) is 0 Å². The molecule has 5 fully saturated rings. The Hall–Kier alpha value is -0.420. The lowest BCUT2D eigenvalue weighted by Gasteiger charge is -2.62. The number of aliphatic hydroxyl groups excluding tert-OH is 2. The van der Waals surface area contributed by atoms with Crippen molar-refractivity contribution in [1.82, 2.24) is 0 Å². The zero-order valence-electron chi connectivity index (χ0n) is 20.8. The summed E-state index contributed by atoms with van der Waals surface area (Å²) in [5.41, 5.74) is 0.309. The smallest absolute Gasteiger partial charge is 0.188 e. The molecule has 1 aliphatic heterocycles. The first-order valence-corrected chi connectivity index (χ1v) is 13.5. The summed E-state index contributed by atoms with van der Waals surface area (Å²) in [5.74, 6) is 1.72. The Morgan fingerprint density at radius 3 is 2.44 bits per heavy atom. The molecule has 1 heterocycles. The van der Waals surface area contributed by atoms with Gasteiger partial charge in [0.1, 0.15) is 0 Å². The van der Waals surface area contributed by atoms with Crippen LogP contribution in [0.25, 0.3) is 0 Å². The molecule has 0 amide bonds. The van der Waals surface area contributed by atoms with Gasteiger partial charge in [-0.25, -0.2) is 0 Å². The Balaban J connectivity index is 1.40. The van der Waals surface area contributed by atoms with Crippen LogP contribution in [0.3, 0.4) is 0 Å². The second-order valence-electron chi connectivity index (χ2n) is 13.0. The summed E-state index contributed by atoms with van der Waals surface area (Å²) >= 11 is 0. The van der Waals surface area contributed by atoms with Crippen molar-refractivity contribution in [3.05, 3.63) is 12.2 Å². The molecule has 5 rings (SSSR count). The molecule has 0 bridgehead atoms. The van der Waals surface area contributed by atoms with E-state index in [4.69, 9.17) is 4.74 Å². The number of ether oxygens (including phenoxy) is 1. The maximum atomic E-state index is 11.4. The van der Waals surface area contributed by atoms with E-state index in [1.54, 1.807) is 0 Å². The van der Waals surface area contributed by atoms with Crippen molar-refractivity contribution >= 4 is 0 Å². The maximum Gasteiger partial charge on any atom is 0.188 e. The van der Waals surface area contributed by atoms with Crippen LogP contribution < -0.4 is 0 Å². The summed E-state index contributed by atoms with van der Waals surface area (Å²) in [4.78, 5) is 0. The molecule has 5 aliphatic rings. The van der Waals surface area contributed by atoms with Crippen LogP contribution in [0.1, 0.15) is 86.0 Å². The van der Waals surface area contributed by atoms with Crippen LogP contribution in [0.2, 0.25) is 0 Å². The first-order chi connectivity index (χ1) is 15.0. The molecule has 3 N–H and O–H groups in total. The van der Waals surface area contributed by atoms with Crippen molar-refractivity contribution in [2.24, 2.45) is 52.3 Å².